The number of carbonyl (C=O) groups is 1. The van der Waals surface area contributed by atoms with Gasteiger partial charge in [0, 0.05) is 39.0 Å². The van der Waals surface area contributed by atoms with Gasteiger partial charge in [0.1, 0.15) is 0 Å². The fourth-order valence-electron chi connectivity index (χ4n) is 2.05. The number of aromatic nitrogens is 2. The third-order valence-electron chi connectivity index (χ3n) is 3.17. The van der Waals surface area contributed by atoms with Crippen LogP contribution in [0.5, 0.6) is 0 Å². The van der Waals surface area contributed by atoms with E-state index in [-0.39, 0.29) is 5.91 Å². The molecule has 2 rings (SSSR count). The molecule has 0 bridgehead atoms. The molecule has 0 spiro atoms. The first-order valence-corrected chi connectivity index (χ1v) is 6.53. The molecule has 1 amide bonds. The van der Waals surface area contributed by atoms with Crippen molar-refractivity contribution in [3.05, 3.63) is 54.1 Å². The van der Waals surface area contributed by atoms with Crippen LogP contribution < -0.4 is 5.32 Å². The molecular formula is C15H19N3O2. The summed E-state index contributed by atoms with van der Waals surface area (Å²) in [4.78, 5) is 16.2. The molecule has 20 heavy (non-hydrogen) atoms. The van der Waals surface area contributed by atoms with Gasteiger partial charge < -0.3 is 14.6 Å². The van der Waals surface area contributed by atoms with Crippen molar-refractivity contribution in [3.8, 4) is 0 Å². The van der Waals surface area contributed by atoms with Crippen LogP contribution in [0.1, 0.15) is 17.4 Å². The smallest absolute Gasteiger partial charge is 0.253 e. The van der Waals surface area contributed by atoms with Crippen molar-refractivity contribution >= 4 is 5.91 Å². The first kappa shape index (κ1) is 14.3. The van der Waals surface area contributed by atoms with E-state index < -0.39 is 6.10 Å². The summed E-state index contributed by atoms with van der Waals surface area (Å²) in [5.41, 5.74) is 1.94. The van der Waals surface area contributed by atoms with Gasteiger partial charge in [-0.1, -0.05) is 30.3 Å². The molecule has 0 aliphatic carbocycles. The summed E-state index contributed by atoms with van der Waals surface area (Å²) in [5, 5.41) is 2.89. The lowest BCUT2D eigenvalue weighted by atomic mass is 10.1. The van der Waals surface area contributed by atoms with Crippen molar-refractivity contribution in [3.63, 3.8) is 0 Å². The zero-order valence-electron chi connectivity index (χ0n) is 11.7. The number of carbonyl (C=O) groups excluding carboxylic acids is 1. The van der Waals surface area contributed by atoms with Gasteiger partial charge in [-0.05, 0) is 5.56 Å². The van der Waals surface area contributed by atoms with E-state index in [9.17, 15) is 4.79 Å². The molecule has 2 aromatic rings. The molecule has 1 atom stereocenters. The molecule has 0 fully saturated rings. The number of nitrogens with one attached hydrogen (secondary N) is 1. The van der Waals surface area contributed by atoms with Crippen LogP contribution in [0.2, 0.25) is 0 Å². The van der Waals surface area contributed by atoms with Crippen molar-refractivity contribution in [2.75, 3.05) is 13.7 Å². The van der Waals surface area contributed by atoms with Crippen LogP contribution in [0.15, 0.2) is 42.9 Å². The van der Waals surface area contributed by atoms with Gasteiger partial charge in [0.25, 0.3) is 5.91 Å². The number of hydrogen-bond donors (Lipinski definition) is 1. The summed E-state index contributed by atoms with van der Waals surface area (Å²) in [6, 6.07) is 9.47. The summed E-state index contributed by atoms with van der Waals surface area (Å²) < 4.78 is 7.22. The predicted octanol–water partition coefficient (Wildman–Crippen LogP) is 1.47. The lowest BCUT2D eigenvalue weighted by Crippen LogP contribution is -2.32. The van der Waals surface area contributed by atoms with E-state index in [0.717, 1.165) is 17.7 Å². The summed E-state index contributed by atoms with van der Waals surface area (Å²) in [7, 11) is 3.48. The van der Waals surface area contributed by atoms with Crippen LogP contribution in [0.3, 0.4) is 0 Å². The molecule has 1 aromatic heterocycles. The average molecular weight is 273 g/mol. The lowest BCUT2D eigenvalue weighted by Gasteiger charge is -2.15. The Hall–Kier alpha value is -2.14. The molecule has 1 heterocycles. The number of ether oxygens (including phenoxy) is 1. The molecule has 5 nitrogen and oxygen atoms in total. The van der Waals surface area contributed by atoms with E-state index in [1.165, 1.54) is 0 Å². The third kappa shape index (κ3) is 3.45. The number of imidazole rings is 1. The van der Waals surface area contributed by atoms with Crippen molar-refractivity contribution in [2.45, 2.75) is 12.5 Å². The molecule has 0 aliphatic rings. The van der Waals surface area contributed by atoms with Gasteiger partial charge in [0.2, 0.25) is 0 Å². The van der Waals surface area contributed by atoms with Gasteiger partial charge in [0.15, 0.2) is 6.10 Å². The Morgan fingerprint density at radius 2 is 2.15 bits per heavy atom. The number of aryl methyl sites for hydroxylation is 1. The second-order valence-corrected chi connectivity index (χ2v) is 4.56. The zero-order chi connectivity index (χ0) is 14.4. The van der Waals surface area contributed by atoms with Crippen LogP contribution in [-0.4, -0.2) is 29.1 Å². The number of amides is 1. The first-order valence-electron chi connectivity index (χ1n) is 6.53. The molecular weight excluding hydrogens is 254 g/mol. The normalized spacial score (nSPS) is 12.1. The Morgan fingerprint density at radius 3 is 2.75 bits per heavy atom. The van der Waals surface area contributed by atoms with E-state index >= 15 is 0 Å². The Morgan fingerprint density at radius 1 is 1.40 bits per heavy atom. The summed E-state index contributed by atoms with van der Waals surface area (Å²) in [6.45, 7) is 0.561. The highest BCUT2D eigenvalue weighted by atomic mass is 16.5. The van der Waals surface area contributed by atoms with Gasteiger partial charge in [-0.3, -0.25) is 4.79 Å². The van der Waals surface area contributed by atoms with Crippen LogP contribution in [0, 0.1) is 0 Å². The Labute approximate surface area is 118 Å². The second-order valence-electron chi connectivity index (χ2n) is 4.56. The Balaban J connectivity index is 1.89. The monoisotopic (exact) mass is 273 g/mol. The number of nitrogens with zero attached hydrogens (tertiary/aromatic N) is 2. The summed E-state index contributed by atoms with van der Waals surface area (Å²) in [6.07, 6.45) is 3.73. The minimum Gasteiger partial charge on any atom is -0.367 e. The van der Waals surface area contributed by atoms with E-state index in [1.54, 1.807) is 19.6 Å². The summed E-state index contributed by atoms with van der Waals surface area (Å²) >= 11 is 0. The second kappa shape index (κ2) is 6.86. The average Bonchev–Trinajstić information content (AvgIpc) is 2.86. The maximum Gasteiger partial charge on any atom is 0.253 e. The Bertz CT molecular complexity index is 551. The highest BCUT2D eigenvalue weighted by Gasteiger charge is 2.19. The quantitative estimate of drug-likeness (QED) is 0.867. The lowest BCUT2D eigenvalue weighted by molar-refractivity contribution is -0.131. The van der Waals surface area contributed by atoms with Crippen molar-refractivity contribution in [1.82, 2.24) is 14.9 Å². The van der Waals surface area contributed by atoms with Gasteiger partial charge in [-0.2, -0.15) is 0 Å². The number of methoxy groups -OCH3 is 1. The molecule has 0 saturated carbocycles. The number of hydrogen-bond acceptors (Lipinski definition) is 3. The van der Waals surface area contributed by atoms with Crippen molar-refractivity contribution in [2.24, 2.45) is 7.05 Å². The number of benzene rings is 1. The van der Waals surface area contributed by atoms with Crippen LogP contribution in [0.25, 0.3) is 0 Å². The van der Waals surface area contributed by atoms with Crippen LogP contribution >= 0.6 is 0 Å². The highest BCUT2D eigenvalue weighted by Crippen LogP contribution is 2.15. The van der Waals surface area contributed by atoms with Crippen molar-refractivity contribution in [1.29, 1.82) is 0 Å². The molecule has 0 radical (unpaired) electrons. The highest BCUT2D eigenvalue weighted by molar-refractivity contribution is 5.82. The van der Waals surface area contributed by atoms with Crippen LogP contribution in [0.4, 0.5) is 0 Å². The minimum atomic E-state index is -0.567. The minimum absolute atomic E-state index is 0.124. The topological polar surface area (TPSA) is 56.1 Å². The molecule has 0 saturated heterocycles. The fourth-order valence-corrected chi connectivity index (χ4v) is 2.05. The summed E-state index contributed by atoms with van der Waals surface area (Å²) in [5.74, 6) is -0.124. The van der Waals surface area contributed by atoms with E-state index in [1.807, 2.05) is 41.9 Å². The van der Waals surface area contributed by atoms with E-state index in [0.29, 0.717) is 6.54 Å². The Kier molecular flexibility index (Phi) is 4.90. The molecule has 106 valence electrons. The maximum absolute atomic E-state index is 12.1. The SMILES string of the molecule is CO[C@H](C(=O)NCCc1cncn1C)c1ccccc1. The molecule has 1 aromatic carbocycles. The predicted molar refractivity (Wildman–Crippen MR) is 76.1 cm³/mol. The van der Waals surface area contributed by atoms with E-state index in [2.05, 4.69) is 10.3 Å². The maximum atomic E-state index is 12.1. The largest absolute Gasteiger partial charge is 0.367 e. The first-order chi connectivity index (χ1) is 9.72. The fraction of sp³-hybridized carbons (Fsp3) is 0.333. The van der Waals surface area contributed by atoms with Gasteiger partial charge in [-0.25, -0.2) is 4.98 Å². The molecule has 0 aliphatic heterocycles. The number of rotatable bonds is 6. The third-order valence-corrected chi connectivity index (χ3v) is 3.17. The standard InChI is InChI=1S/C15H19N3O2/c1-18-11-16-10-13(18)8-9-17-15(19)14(20-2)12-6-4-3-5-7-12/h3-7,10-11,14H,8-9H2,1-2H3,(H,17,19)/t14-/m0/s1. The molecule has 1 N–H and O–H groups in total. The van der Waals surface area contributed by atoms with Gasteiger partial charge in [-0.15, -0.1) is 0 Å². The molecule has 5 heteroatoms. The van der Waals surface area contributed by atoms with E-state index in [4.69, 9.17) is 4.74 Å². The van der Waals surface area contributed by atoms with Crippen LogP contribution in [-0.2, 0) is 23.0 Å². The zero-order valence-corrected chi connectivity index (χ0v) is 11.7. The van der Waals surface area contributed by atoms with Gasteiger partial charge in [0.05, 0.1) is 6.33 Å². The molecule has 0 unspecified atom stereocenters. The van der Waals surface area contributed by atoms with Crippen molar-refractivity contribution < 1.29 is 9.53 Å². The van der Waals surface area contributed by atoms with Gasteiger partial charge >= 0.3 is 0 Å².